The van der Waals surface area contributed by atoms with E-state index in [1.165, 1.54) is 4.31 Å². The summed E-state index contributed by atoms with van der Waals surface area (Å²) in [6.07, 6.45) is 4.01. The minimum atomic E-state index is -3.35. The second-order valence-corrected chi connectivity index (χ2v) is 8.09. The molecule has 2 rings (SSSR count). The van der Waals surface area contributed by atoms with Gasteiger partial charge < -0.3 is 9.88 Å². The van der Waals surface area contributed by atoms with Crippen molar-refractivity contribution >= 4 is 10.0 Å². The lowest BCUT2D eigenvalue weighted by Gasteiger charge is -2.15. The van der Waals surface area contributed by atoms with Crippen LogP contribution >= 0.6 is 0 Å². The first-order chi connectivity index (χ1) is 9.30. The average Bonchev–Trinajstić information content (AvgIpc) is 3.08. The number of aromatic nitrogens is 1. The molecule has 1 aliphatic carbocycles. The first kappa shape index (κ1) is 15.5. The van der Waals surface area contributed by atoms with Crippen molar-refractivity contribution in [1.82, 2.24) is 14.2 Å². The van der Waals surface area contributed by atoms with Crippen molar-refractivity contribution in [2.75, 3.05) is 13.6 Å². The van der Waals surface area contributed by atoms with Crippen LogP contribution in [0.4, 0.5) is 0 Å². The molecule has 20 heavy (non-hydrogen) atoms. The summed E-state index contributed by atoms with van der Waals surface area (Å²) >= 11 is 0. The zero-order valence-electron chi connectivity index (χ0n) is 12.8. The van der Waals surface area contributed by atoms with E-state index in [0.717, 1.165) is 18.5 Å². The van der Waals surface area contributed by atoms with Crippen molar-refractivity contribution in [1.29, 1.82) is 0 Å². The summed E-state index contributed by atoms with van der Waals surface area (Å²) in [4.78, 5) is 0.392. The largest absolute Gasteiger partial charge is 0.352 e. The van der Waals surface area contributed by atoms with E-state index in [2.05, 4.69) is 19.2 Å². The Balaban J connectivity index is 2.12. The molecular formula is C14H25N3O2S. The van der Waals surface area contributed by atoms with Crippen LogP contribution in [0.2, 0.25) is 0 Å². The molecule has 1 N–H and O–H groups in total. The van der Waals surface area contributed by atoms with Gasteiger partial charge in [0.25, 0.3) is 0 Å². The van der Waals surface area contributed by atoms with E-state index in [-0.39, 0.29) is 0 Å². The molecule has 0 aliphatic heterocycles. The number of hydrogen-bond donors (Lipinski definition) is 1. The molecule has 0 bridgehead atoms. The molecule has 0 atom stereocenters. The van der Waals surface area contributed by atoms with E-state index in [1.807, 2.05) is 11.6 Å². The molecule has 6 heteroatoms. The fraction of sp³-hybridized carbons (Fsp3) is 0.714. The van der Waals surface area contributed by atoms with E-state index >= 15 is 0 Å². The molecule has 0 amide bonds. The number of hydrogen-bond acceptors (Lipinski definition) is 3. The zero-order chi connectivity index (χ0) is 14.9. The van der Waals surface area contributed by atoms with Crippen LogP contribution in [0.15, 0.2) is 17.2 Å². The lowest BCUT2D eigenvalue weighted by atomic mass is 10.3. The number of sulfonamides is 1. The summed E-state index contributed by atoms with van der Waals surface area (Å²) in [6, 6.07) is 2.15. The average molecular weight is 299 g/mol. The predicted octanol–water partition coefficient (Wildman–Crippen LogP) is 1.55. The Morgan fingerprint density at radius 2 is 2.10 bits per heavy atom. The van der Waals surface area contributed by atoms with Gasteiger partial charge in [-0.1, -0.05) is 13.8 Å². The van der Waals surface area contributed by atoms with E-state index in [9.17, 15) is 8.42 Å². The molecule has 1 heterocycles. The Labute approximate surface area is 122 Å². The molecule has 5 nitrogen and oxygen atoms in total. The third-order valence-electron chi connectivity index (χ3n) is 3.69. The molecule has 1 fully saturated rings. The van der Waals surface area contributed by atoms with Gasteiger partial charge in [0.1, 0.15) is 4.90 Å². The van der Waals surface area contributed by atoms with Crippen LogP contribution in [0.25, 0.3) is 0 Å². The van der Waals surface area contributed by atoms with E-state index in [1.54, 1.807) is 19.3 Å². The normalized spacial score (nSPS) is 16.3. The van der Waals surface area contributed by atoms with Crippen LogP contribution in [0.3, 0.4) is 0 Å². The topological polar surface area (TPSA) is 54.3 Å². The van der Waals surface area contributed by atoms with Gasteiger partial charge in [0.2, 0.25) is 10.0 Å². The molecule has 0 unspecified atom stereocenters. The van der Waals surface area contributed by atoms with Crippen LogP contribution in [0.1, 0.15) is 32.4 Å². The van der Waals surface area contributed by atoms with Crippen LogP contribution in [0, 0.1) is 5.92 Å². The highest BCUT2D eigenvalue weighted by Gasteiger charge is 2.29. The van der Waals surface area contributed by atoms with Gasteiger partial charge in [-0.25, -0.2) is 12.7 Å². The minimum Gasteiger partial charge on any atom is -0.352 e. The first-order valence-electron chi connectivity index (χ1n) is 7.15. The Morgan fingerprint density at radius 3 is 2.65 bits per heavy atom. The second kappa shape index (κ2) is 5.87. The Hall–Kier alpha value is -0.850. The van der Waals surface area contributed by atoms with Crippen molar-refractivity contribution < 1.29 is 8.42 Å². The van der Waals surface area contributed by atoms with Gasteiger partial charge >= 0.3 is 0 Å². The Morgan fingerprint density at radius 1 is 1.45 bits per heavy atom. The maximum Gasteiger partial charge on any atom is 0.244 e. The number of nitrogens with one attached hydrogen (secondary N) is 1. The molecule has 0 radical (unpaired) electrons. The van der Waals surface area contributed by atoms with E-state index in [0.29, 0.717) is 29.9 Å². The summed E-state index contributed by atoms with van der Waals surface area (Å²) < 4.78 is 28.4. The van der Waals surface area contributed by atoms with Crippen molar-refractivity contribution in [3.63, 3.8) is 0 Å². The van der Waals surface area contributed by atoms with Gasteiger partial charge in [0, 0.05) is 45.1 Å². The van der Waals surface area contributed by atoms with Crippen LogP contribution < -0.4 is 5.32 Å². The highest BCUT2D eigenvalue weighted by atomic mass is 32.2. The maximum absolute atomic E-state index is 12.5. The molecule has 0 aromatic carbocycles. The van der Waals surface area contributed by atoms with Crippen molar-refractivity contribution in [3.8, 4) is 0 Å². The number of nitrogens with zero attached hydrogens (tertiary/aromatic N) is 2. The molecular weight excluding hydrogens is 274 g/mol. The van der Waals surface area contributed by atoms with Crippen LogP contribution in [0.5, 0.6) is 0 Å². The van der Waals surface area contributed by atoms with Crippen LogP contribution in [-0.4, -0.2) is 36.9 Å². The molecule has 1 saturated carbocycles. The smallest absolute Gasteiger partial charge is 0.244 e. The van der Waals surface area contributed by atoms with Gasteiger partial charge in [-0.15, -0.1) is 0 Å². The first-order valence-corrected chi connectivity index (χ1v) is 8.59. The van der Waals surface area contributed by atoms with Gasteiger partial charge in [0.15, 0.2) is 0 Å². The summed E-state index contributed by atoms with van der Waals surface area (Å²) in [5, 5.41) is 3.31. The quantitative estimate of drug-likeness (QED) is 0.831. The number of aryl methyl sites for hydroxylation is 1. The van der Waals surface area contributed by atoms with Gasteiger partial charge in [-0.2, -0.15) is 0 Å². The van der Waals surface area contributed by atoms with E-state index < -0.39 is 10.0 Å². The maximum atomic E-state index is 12.5. The Bertz CT molecular complexity index is 559. The molecule has 0 spiro atoms. The minimum absolute atomic E-state index is 0.377. The number of rotatable bonds is 7. The second-order valence-electron chi connectivity index (χ2n) is 6.04. The molecule has 114 valence electrons. The van der Waals surface area contributed by atoms with Crippen molar-refractivity contribution in [3.05, 3.63) is 18.0 Å². The lowest BCUT2D eigenvalue weighted by molar-refractivity contribution is 0.453. The third-order valence-corrected chi connectivity index (χ3v) is 5.48. The molecule has 0 saturated heterocycles. The monoisotopic (exact) mass is 299 g/mol. The lowest BCUT2D eigenvalue weighted by Crippen LogP contribution is -2.28. The SMILES string of the molecule is CC(C)NCc1cc(S(=O)(=O)N(C)CC2CC2)cn1C. The van der Waals surface area contributed by atoms with Crippen LogP contribution in [-0.2, 0) is 23.6 Å². The van der Waals surface area contributed by atoms with Gasteiger partial charge in [-0.05, 0) is 24.8 Å². The molecule has 1 aliphatic rings. The third kappa shape index (κ3) is 3.62. The zero-order valence-corrected chi connectivity index (χ0v) is 13.6. The Kier molecular flexibility index (Phi) is 4.56. The predicted molar refractivity (Wildman–Crippen MR) is 79.9 cm³/mol. The highest BCUT2D eigenvalue weighted by molar-refractivity contribution is 7.89. The summed E-state index contributed by atoms with van der Waals surface area (Å²) in [5.41, 5.74) is 0.983. The summed E-state index contributed by atoms with van der Waals surface area (Å²) in [6.45, 7) is 5.46. The summed E-state index contributed by atoms with van der Waals surface area (Å²) in [7, 11) is 0.210. The van der Waals surface area contributed by atoms with Gasteiger partial charge in [0.05, 0.1) is 0 Å². The molecule has 1 aromatic heterocycles. The standard InChI is InChI=1S/C14H25N3O2S/c1-11(2)15-8-13-7-14(10-16(13)3)20(18,19)17(4)9-12-5-6-12/h7,10-12,15H,5-6,8-9H2,1-4H3. The van der Waals surface area contributed by atoms with E-state index in [4.69, 9.17) is 0 Å². The fourth-order valence-electron chi connectivity index (χ4n) is 2.14. The van der Waals surface area contributed by atoms with Crippen molar-refractivity contribution in [2.45, 2.75) is 44.2 Å². The highest BCUT2D eigenvalue weighted by Crippen LogP contribution is 2.31. The van der Waals surface area contributed by atoms with Gasteiger partial charge in [-0.3, -0.25) is 0 Å². The fourth-order valence-corrected chi connectivity index (χ4v) is 3.49. The molecule has 1 aromatic rings. The summed E-state index contributed by atoms with van der Waals surface area (Å²) in [5.74, 6) is 0.556. The van der Waals surface area contributed by atoms with Crippen molar-refractivity contribution in [2.24, 2.45) is 13.0 Å².